The van der Waals surface area contributed by atoms with Crippen LogP contribution in [0.25, 0.3) is 5.57 Å². The third kappa shape index (κ3) is 3.64. The van der Waals surface area contributed by atoms with Gasteiger partial charge in [0.2, 0.25) is 0 Å². The van der Waals surface area contributed by atoms with Crippen molar-refractivity contribution in [3.05, 3.63) is 70.3 Å². The second-order valence-corrected chi connectivity index (χ2v) is 5.43. The summed E-state index contributed by atoms with van der Waals surface area (Å²) in [4.78, 5) is 0. The van der Waals surface area contributed by atoms with Gasteiger partial charge in [0.15, 0.2) is 0 Å². The highest BCUT2D eigenvalue weighted by molar-refractivity contribution is 6.30. The largest absolute Gasteiger partial charge is 0.381 e. The molecule has 0 bridgehead atoms. The molecule has 1 nitrogen and oxygen atoms in total. The normalized spacial score (nSPS) is 11.5. The fourth-order valence-electron chi connectivity index (χ4n) is 2.25. The summed E-state index contributed by atoms with van der Waals surface area (Å²) >= 11 is 6.11. The fourth-order valence-corrected chi connectivity index (χ4v) is 2.42. The van der Waals surface area contributed by atoms with Crippen molar-refractivity contribution in [1.82, 2.24) is 0 Å². The molecule has 0 unspecified atom stereocenters. The summed E-state index contributed by atoms with van der Waals surface area (Å²) in [7, 11) is 0. The zero-order valence-corrected chi connectivity index (χ0v) is 13.0. The summed E-state index contributed by atoms with van der Waals surface area (Å²) in [5, 5.41) is 4.25. The van der Waals surface area contributed by atoms with E-state index in [1.54, 1.807) is 0 Å². The van der Waals surface area contributed by atoms with Gasteiger partial charge in [-0.25, -0.2) is 0 Å². The number of benzene rings is 2. The Kier molecular flexibility index (Phi) is 4.86. The SMILES string of the molecule is C/C=C(/CNc1cccc(C)c1)c1cc(Cl)ccc1C. The average molecular weight is 286 g/mol. The molecule has 1 N–H and O–H groups in total. The summed E-state index contributed by atoms with van der Waals surface area (Å²) in [6.07, 6.45) is 2.14. The second-order valence-electron chi connectivity index (χ2n) is 5.00. The van der Waals surface area contributed by atoms with E-state index in [4.69, 9.17) is 11.6 Å². The van der Waals surface area contributed by atoms with Gasteiger partial charge < -0.3 is 5.32 Å². The monoisotopic (exact) mass is 285 g/mol. The highest BCUT2D eigenvalue weighted by Crippen LogP contribution is 2.23. The number of anilines is 1. The van der Waals surface area contributed by atoms with Crippen LogP contribution in [-0.4, -0.2) is 6.54 Å². The molecule has 20 heavy (non-hydrogen) atoms. The van der Waals surface area contributed by atoms with Gasteiger partial charge in [0.25, 0.3) is 0 Å². The summed E-state index contributed by atoms with van der Waals surface area (Å²) in [6, 6.07) is 14.4. The van der Waals surface area contributed by atoms with E-state index in [-0.39, 0.29) is 0 Å². The highest BCUT2D eigenvalue weighted by atomic mass is 35.5. The standard InChI is InChI=1S/C18H20ClN/c1-4-15(18-11-16(19)9-8-14(18)3)12-20-17-7-5-6-13(2)10-17/h4-11,20H,12H2,1-3H3/b15-4-. The van der Waals surface area contributed by atoms with Crippen molar-refractivity contribution in [2.24, 2.45) is 0 Å². The number of hydrogen-bond donors (Lipinski definition) is 1. The first-order chi connectivity index (χ1) is 9.60. The van der Waals surface area contributed by atoms with E-state index in [2.05, 4.69) is 62.5 Å². The molecule has 0 aliphatic heterocycles. The molecule has 2 aromatic rings. The molecule has 2 aromatic carbocycles. The van der Waals surface area contributed by atoms with Gasteiger partial charge in [-0.2, -0.15) is 0 Å². The molecule has 0 amide bonds. The molecule has 0 fully saturated rings. The van der Waals surface area contributed by atoms with Crippen molar-refractivity contribution in [1.29, 1.82) is 0 Å². The lowest BCUT2D eigenvalue weighted by Gasteiger charge is -2.13. The molecule has 0 aliphatic carbocycles. The molecule has 0 saturated heterocycles. The topological polar surface area (TPSA) is 12.0 Å². The summed E-state index contributed by atoms with van der Waals surface area (Å²) < 4.78 is 0. The zero-order valence-electron chi connectivity index (χ0n) is 12.2. The van der Waals surface area contributed by atoms with Crippen LogP contribution in [0.15, 0.2) is 48.5 Å². The quantitative estimate of drug-likeness (QED) is 0.785. The van der Waals surface area contributed by atoms with E-state index >= 15 is 0 Å². The number of hydrogen-bond acceptors (Lipinski definition) is 1. The highest BCUT2D eigenvalue weighted by Gasteiger charge is 2.05. The predicted octanol–water partition coefficient (Wildman–Crippen LogP) is 5.47. The molecule has 0 heterocycles. The van der Waals surface area contributed by atoms with Crippen LogP contribution in [0.5, 0.6) is 0 Å². The minimum atomic E-state index is 0.778. The van der Waals surface area contributed by atoms with Gasteiger partial charge in [-0.15, -0.1) is 0 Å². The van der Waals surface area contributed by atoms with E-state index in [1.165, 1.54) is 22.3 Å². The minimum Gasteiger partial charge on any atom is -0.381 e. The van der Waals surface area contributed by atoms with Gasteiger partial charge >= 0.3 is 0 Å². The Morgan fingerprint density at radius 1 is 1.15 bits per heavy atom. The van der Waals surface area contributed by atoms with Crippen LogP contribution in [0.3, 0.4) is 0 Å². The number of allylic oxidation sites excluding steroid dienone is 1. The molecule has 2 heteroatoms. The maximum atomic E-state index is 6.11. The van der Waals surface area contributed by atoms with Crippen molar-refractivity contribution < 1.29 is 0 Å². The zero-order chi connectivity index (χ0) is 14.5. The van der Waals surface area contributed by atoms with Gasteiger partial charge in [-0.3, -0.25) is 0 Å². The summed E-state index contributed by atoms with van der Waals surface area (Å²) in [5.41, 5.74) is 6.11. The lowest BCUT2D eigenvalue weighted by Crippen LogP contribution is -2.05. The molecule has 0 aliphatic rings. The van der Waals surface area contributed by atoms with Crippen LogP contribution >= 0.6 is 11.6 Å². The Morgan fingerprint density at radius 2 is 1.95 bits per heavy atom. The Balaban J connectivity index is 2.16. The minimum absolute atomic E-state index is 0.778. The molecule has 0 spiro atoms. The summed E-state index contributed by atoms with van der Waals surface area (Å²) in [5.74, 6) is 0. The molecular weight excluding hydrogens is 266 g/mol. The lowest BCUT2D eigenvalue weighted by atomic mass is 10.0. The van der Waals surface area contributed by atoms with Gasteiger partial charge in [0.05, 0.1) is 0 Å². The second kappa shape index (κ2) is 6.62. The third-order valence-electron chi connectivity index (χ3n) is 3.40. The number of aryl methyl sites for hydroxylation is 2. The van der Waals surface area contributed by atoms with Gasteiger partial charge in [-0.05, 0) is 67.3 Å². The smallest absolute Gasteiger partial charge is 0.0412 e. The molecule has 0 radical (unpaired) electrons. The predicted molar refractivity (Wildman–Crippen MR) is 89.5 cm³/mol. The lowest BCUT2D eigenvalue weighted by molar-refractivity contribution is 1.30. The van der Waals surface area contributed by atoms with Crippen molar-refractivity contribution in [3.63, 3.8) is 0 Å². The Hall–Kier alpha value is -1.73. The first kappa shape index (κ1) is 14.7. The molecule has 2 rings (SSSR count). The van der Waals surface area contributed by atoms with Crippen molar-refractivity contribution >= 4 is 22.9 Å². The molecule has 104 valence electrons. The molecule has 0 saturated carbocycles. The van der Waals surface area contributed by atoms with Crippen LogP contribution in [0.1, 0.15) is 23.6 Å². The number of nitrogens with one attached hydrogen (secondary N) is 1. The van der Waals surface area contributed by atoms with E-state index in [9.17, 15) is 0 Å². The van der Waals surface area contributed by atoms with Gasteiger partial charge in [0.1, 0.15) is 0 Å². The van der Waals surface area contributed by atoms with Gasteiger partial charge in [-0.1, -0.05) is 35.9 Å². The van der Waals surface area contributed by atoms with Crippen molar-refractivity contribution in [3.8, 4) is 0 Å². The fraction of sp³-hybridized carbons (Fsp3) is 0.222. The van der Waals surface area contributed by atoms with Crippen LogP contribution in [0, 0.1) is 13.8 Å². The first-order valence-corrected chi connectivity index (χ1v) is 7.20. The molecule has 0 atom stereocenters. The number of rotatable bonds is 4. The maximum Gasteiger partial charge on any atom is 0.0412 e. The Labute approximate surface area is 126 Å². The summed E-state index contributed by atoms with van der Waals surface area (Å²) in [6.45, 7) is 7.07. The average Bonchev–Trinajstić information content (AvgIpc) is 2.43. The van der Waals surface area contributed by atoms with Gasteiger partial charge in [0, 0.05) is 17.3 Å². The molecule has 0 aromatic heterocycles. The van der Waals surface area contributed by atoms with Crippen LogP contribution < -0.4 is 5.32 Å². The van der Waals surface area contributed by atoms with Crippen LogP contribution in [0.4, 0.5) is 5.69 Å². The first-order valence-electron chi connectivity index (χ1n) is 6.82. The van der Waals surface area contributed by atoms with Crippen molar-refractivity contribution in [2.45, 2.75) is 20.8 Å². The van der Waals surface area contributed by atoms with E-state index in [1.807, 2.05) is 12.1 Å². The van der Waals surface area contributed by atoms with Crippen molar-refractivity contribution in [2.75, 3.05) is 11.9 Å². The van der Waals surface area contributed by atoms with E-state index < -0.39 is 0 Å². The van der Waals surface area contributed by atoms with E-state index in [0.717, 1.165) is 17.3 Å². The molecular formula is C18H20ClN. The Morgan fingerprint density at radius 3 is 2.65 bits per heavy atom. The maximum absolute atomic E-state index is 6.11. The number of halogens is 1. The van der Waals surface area contributed by atoms with E-state index in [0.29, 0.717) is 0 Å². The Bertz CT molecular complexity index is 629. The third-order valence-corrected chi connectivity index (χ3v) is 3.63. The van der Waals surface area contributed by atoms with Crippen LogP contribution in [0.2, 0.25) is 5.02 Å². The van der Waals surface area contributed by atoms with Crippen LogP contribution in [-0.2, 0) is 0 Å².